The van der Waals surface area contributed by atoms with E-state index in [9.17, 15) is 9.36 Å². The van der Waals surface area contributed by atoms with Crippen LogP contribution in [0.1, 0.15) is 25.7 Å². The van der Waals surface area contributed by atoms with Crippen molar-refractivity contribution in [3.63, 3.8) is 0 Å². The van der Waals surface area contributed by atoms with E-state index in [0.717, 1.165) is 19.3 Å². The molecule has 70 valence electrons. The maximum Gasteiger partial charge on any atom is 0.286 e. The maximum atomic E-state index is 11.3. The highest BCUT2D eigenvalue weighted by molar-refractivity contribution is 7.37. The Hall–Kier alpha value is -0.340. The van der Waals surface area contributed by atoms with Crippen LogP contribution in [-0.4, -0.2) is 24.2 Å². The van der Waals surface area contributed by atoms with E-state index in [1.165, 1.54) is 11.8 Å². The first-order chi connectivity index (χ1) is 5.75. The van der Waals surface area contributed by atoms with Crippen molar-refractivity contribution in [3.8, 4) is 0 Å². The molecule has 4 nitrogen and oxygen atoms in total. The molecule has 1 amide bonds. The van der Waals surface area contributed by atoms with Gasteiger partial charge in [-0.25, -0.2) is 0 Å². The summed E-state index contributed by atoms with van der Waals surface area (Å²) in [6.45, 7) is 0.588. The molecule has 0 aromatic heterocycles. The summed E-state index contributed by atoms with van der Waals surface area (Å²) < 4.78 is 17.2. The van der Waals surface area contributed by atoms with Crippen molar-refractivity contribution >= 4 is 14.1 Å². The third kappa shape index (κ3) is 2.32. The topological polar surface area (TPSA) is 46.6 Å². The fraction of sp³-hybridized carbons (Fsp3) is 0.857. The van der Waals surface area contributed by atoms with Crippen molar-refractivity contribution in [2.45, 2.75) is 25.7 Å². The Labute approximate surface area is 72.8 Å². The van der Waals surface area contributed by atoms with E-state index in [1.807, 2.05) is 0 Å². The van der Waals surface area contributed by atoms with Crippen LogP contribution in [0, 0.1) is 0 Å². The Morgan fingerprint density at radius 2 is 2.17 bits per heavy atom. The molecular weight excluding hydrogens is 177 g/mol. The van der Waals surface area contributed by atoms with Crippen LogP contribution in [0.15, 0.2) is 0 Å². The summed E-state index contributed by atoms with van der Waals surface area (Å²) in [7, 11) is -0.893. The Morgan fingerprint density at radius 1 is 1.42 bits per heavy atom. The minimum absolute atomic E-state index is 0.0294. The van der Waals surface area contributed by atoms with E-state index >= 15 is 0 Å². The average Bonchev–Trinajstić information content (AvgIpc) is 2.28. The fourth-order valence-electron chi connectivity index (χ4n) is 1.29. The Morgan fingerprint density at radius 3 is 2.83 bits per heavy atom. The highest BCUT2D eigenvalue weighted by Gasteiger charge is 2.20. The van der Waals surface area contributed by atoms with Gasteiger partial charge < -0.3 is 4.52 Å². The summed E-state index contributed by atoms with van der Waals surface area (Å²) in [5.41, 5.74) is 0. The van der Waals surface area contributed by atoms with Crippen molar-refractivity contribution < 1.29 is 13.9 Å². The zero-order valence-electron chi connectivity index (χ0n) is 7.21. The first-order valence-electron chi connectivity index (χ1n) is 4.14. The van der Waals surface area contributed by atoms with Crippen LogP contribution >= 0.6 is 8.18 Å². The third-order valence-electron chi connectivity index (χ3n) is 1.97. The molecule has 0 spiro atoms. The van der Waals surface area contributed by atoms with Crippen molar-refractivity contribution in [2.24, 2.45) is 0 Å². The highest BCUT2D eigenvalue weighted by atomic mass is 31.1. The molecule has 1 aliphatic rings. The molecule has 1 rings (SSSR count). The van der Waals surface area contributed by atoms with Crippen LogP contribution in [0.3, 0.4) is 0 Å². The van der Waals surface area contributed by atoms with Gasteiger partial charge in [-0.3, -0.25) is 14.0 Å². The van der Waals surface area contributed by atoms with Crippen molar-refractivity contribution in [1.29, 1.82) is 0 Å². The molecule has 0 aromatic rings. The molecule has 0 aromatic carbocycles. The molecular formula is C7H14NO3P. The minimum atomic E-state index is -2.27. The second kappa shape index (κ2) is 4.63. The largest absolute Gasteiger partial charge is 0.319 e. The summed E-state index contributed by atoms with van der Waals surface area (Å²) in [5, 5.41) is 0. The zero-order chi connectivity index (χ0) is 8.97. The van der Waals surface area contributed by atoms with E-state index in [-0.39, 0.29) is 5.91 Å². The lowest BCUT2D eigenvalue weighted by atomic mass is 10.2. The van der Waals surface area contributed by atoms with Crippen LogP contribution < -0.4 is 0 Å². The molecule has 1 saturated heterocycles. The summed E-state index contributed by atoms with van der Waals surface area (Å²) in [6.07, 6.45) is 3.40. The quantitative estimate of drug-likeness (QED) is 0.620. The molecule has 1 aliphatic heterocycles. The van der Waals surface area contributed by atoms with Crippen LogP contribution in [0.4, 0.5) is 0 Å². The number of hydrogen-bond acceptors (Lipinski definition) is 3. The lowest BCUT2D eigenvalue weighted by molar-refractivity contribution is -0.126. The van der Waals surface area contributed by atoms with Gasteiger partial charge in [-0.05, 0) is 12.8 Å². The molecule has 0 saturated carbocycles. The number of nitrogens with zero attached hydrogens (tertiary/aromatic N) is 1. The Balaban J connectivity index is 2.59. The van der Waals surface area contributed by atoms with Gasteiger partial charge >= 0.3 is 0 Å². The number of rotatable bonds is 2. The number of hydrogen-bond donors (Lipinski definition) is 0. The Kier molecular flexibility index (Phi) is 3.76. The normalized spacial score (nSPS) is 22.1. The lowest BCUT2D eigenvalue weighted by Gasteiger charge is -2.17. The van der Waals surface area contributed by atoms with Crippen molar-refractivity contribution in [2.75, 3.05) is 13.7 Å². The van der Waals surface area contributed by atoms with E-state index in [4.69, 9.17) is 0 Å². The van der Waals surface area contributed by atoms with Gasteiger partial charge in [0.05, 0.1) is 0 Å². The van der Waals surface area contributed by atoms with Crippen LogP contribution in [0.5, 0.6) is 0 Å². The van der Waals surface area contributed by atoms with Gasteiger partial charge in [0.25, 0.3) is 8.18 Å². The second-order valence-electron chi connectivity index (χ2n) is 2.83. The predicted molar refractivity (Wildman–Crippen MR) is 46.2 cm³/mol. The van der Waals surface area contributed by atoms with E-state index < -0.39 is 8.18 Å². The van der Waals surface area contributed by atoms with Gasteiger partial charge in [-0.2, -0.15) is 0 Å². The number of carbonyl (C=O) groups excluding carboxylic acids is 1. The van der Waals surface area contributed by atoms with Gasteiger partial charge in [-0.15, -0.1) is 0 Å². The molecule has 0 bridgehead atoms. The minimum Gasteiger partial charge on any atom is -0.319 e. The van der Waals surface area contributed by atoms with Crippen LogP contribution in [0.2, 0.25) is 0 Å². The summed E-state index contributed by atoms with van der Waals surface area (Å²) >= 11 is 0. The molecule has 0 aliphatic carbocycles. The van der Waals surface area contributed by atoms with E-state index in [1.54, 1.807) is 0 Å². The van der Waals surface area contributed by atoms with Gasteiger partial charge in [0.1, 0.15) is 0 Å². The summed E-state index contributed by atoms with van der Waals surface area (Å²) in [5.74, 6) is -0.0294. The van der Waals surface area contributed by atoms with E-state index in [0.29, 0.717) is 13.0 Å². The first kappa shape index (κ1) is 9.75. The first-order valence-corrected chi connectivity index (χ1v) is 5.40. The molecule has 12 heavy (non-hydrogen) atoms. The van der Waals surface area contributed by atoms with Crippen molar-refractivity contribution in [1.82, 2.24) is 4.67 Å². The van der Waals surface area contributed by atoms with Gasteiger partial charge in [0, 0.05) is 20.1 Å². The monoisotopic (exact) mass is 191 g/mol. The average molecular weight is 191 g/mol. The molecule has 1 atom stereocenters. The number of amides is 1. The van der Waals surface area contributed by atoms with E-state index in [2.05, 4.69) is 4.52 Å². The SMILES string of the molecule is CO[PH](=O)N1CCCCCC1=O. The molecule has 5 heteroatoms. The molecule has 1 fully saturated rings. The molecule has 0 radical (unpaired) electrons. The van der Waals surface area contributed by atoms with Gasteiger partial charge in [-0.1, -0.05) is 6.42 Å². The summed E-state index contributed by atoms with van der Waals surface area (Å²) in [6, 6.07) is 0. The molecule has 1 unspecified atom stereocenters. The fourth-order valence-corrected chi connectivity index (χ4v) is 2.16. The Bertz CT molecular complexity index is 195. The third-order valence-corrected chi connectivity index (χ3v) is 3.23. The van der Waals surface area contributed by atoms with Gasteiger partial charge in [0.15, 0.2) is 0 Å². The molecule has 1 heterocycles. The maximum absolute atomic E-state index is 11.3. The predicted octanol–water partition coefficient (Wildman–Crippen LogP) is 1.43. The van der Waals surface area contributed by atoms with Gasteiger partial charge in [0.2, 0.25) is 5.91 Å². The zero-order valence-corrected chi connectivity index (χ0v) is 8.21. The van der Waals surface area contributed by atoms with Crippen LogP contribution in [0.25, 0.3) is 0 Å². The smallest absolute Gasteiger partial charge is 0.286 e. The molecule has 0 N–H and O–H groups in total. The highest BCUT2D eigenvalue weighted by Crippen LogP contribution is 2.30. The summed E-state index contributed by atoms with van der Waals surface area (Å²) in [4.78, 5) is 11.3. The van der Waals surface area contributed by atoms with Crippen molar-refractivity contribution in [3.05, 3.63) is 0 Å². The lowest BCUT2D eigenvalue weighted by Crippen LogP contribution is -2.23. The van der Waals surface area contributed by atoms with Crippen LogP contribution in [-0.2, 0) is 13.9 Å². The number of carbonyl (C=O) groups is 1. The standard InChI is InChI=1S/C7H14NO3P/c1-11-12(10)8-6-4-2-3-5-7(8)9/h12H,2-6H2,1H3. The second-order valence-corrected chi connectivity index (χ2v) is 4.31.